The molecular formula is C14H12ClN3O4. The van der Waals surface area contributed by atoms with E-state index in [-0.39, 0.29) is 17.2 Å². The standard InChI is InChI=1S/C14H12ClN3O4/c15-9-3-1-8(2-4-9)10-7-11(14(19)20)17-6-5-16-13(17)12(10)18(21)22/h1-4,7,10,16H,5-6H2,(H,19,20). The van der Waals surface area contributed by atoms with Gasteiger partial charge in [-0.15, -0.1) is 0 Å². The van der Waals surface area contributed by atoms with Crippen LogP contribution in [0.3, 0.4) is 0 Å². The van der Waals surface area contributed by atoms with Crippen molar-refractivity contribution in [3.8, 4) is 0 Å². The van der Waals surface area contributed by atoms with Gasteiger partial charge in [0.05, 0.1) is 10.8 Å². The maximum atomic E-state index is 11.5. The number of rotatable bonds is 3. The molecule has 0 amide bonds. The third-order valence-corrected chi connectivity index (χ3v) is 3.95. The van der Waals surface area contributed by atoms with Gasteiger partial charge in [0.1, 0.15) is 5.70 Å². The molecule has 114 valence electrons. The van der Waals surface area contributed by atoms with E-state index in [1.807, 2.05) is 0 Å². The number of nitro groups is 1. The Kier molecular flexibility index (Phi) is 3.50. The normalized spacial score (nSPS) is 20.3. The summed E-state index contributed by atoms with van der Waals surface area (Å²) in [5.41, 5.74) is 0.617. The van der Waals surface area contributed by atoms with Gasteiger partial charge < -0.3 is 15.3 Å². The maximum absolute atomic E-state index is 11.5. The molecule has 1 aromatic rings. The summed E-state index contributed by atoms with van der Waals surface area (Å²) < 4.78 is 0. The Morgan fingerprint density at radius 2 is 2.09 bits per heavy atom. The number of carbonyl (C=O) groups is 1. The number of carboxylic acids is 1. The Morgan fingerprint density at radius 1 is 1.41 bits per heavy atom. The van der Waals surface area contributed by atoms with E-state index in [0.717, 1.165) is 0 Å². The summed E-state index contributed by atoms with van der Waals surface area (Å²) in [5.74, 6) is -1.59. The summed E-state index contributed by atoms with van der Waals surface area (Å²) in [6, 6.07) is 6.58. The Morgan fingerprint density at radius 3 is 2.68 bits per heavy atom. The van der Waals surface area contributed by atoms with E-state index in [0.29, 0.717) is 23.7 Å². The SMILES string of the molecule is O=C(O)C1=CC(c2ccc(Cl)cc2)C([N+](=O)[O-])=C2NCCN12. The maximum Gasteiger partial charge on any atom is 0.352 e. The smallest absolute Gasteiger partial charge is 0.352 e. The number of nitrogens with zero attached hydrogens (tertiary/aromatic N) is 2. The number of halogens is 1. The van der Waals surface area contributed by atoms with E-state index in [1.54, 1.807) is 24.3 Å². The van der Waals surface area contributed by atoms with E-state index in [9.17, 15) is 20.0 Å². The van der Waals surface area contributed by atoms with Crippen molar-refractivity contribution in [2.45, 2.75) is 5.92 Å². The number of hydrogen-bond acceptors (Lipinski definition) is 5. The summed E-state index contributed by atoms with van der Waals surface area (Å²) in [6.07, 6.45) is 1.42. The van der Waals surface area contributed by atoms with E-state index < -0.39 is 16.8 Å². The molecule has 1 atom stereocenters. The van der Waals surface area contributed by atoms with E-state index in [4.69, 9.17) is 11.6 Å². The zero-order chi connectivity index (χ0) is 15.9. The van der Waals surface area contributed by atoms with Gasteiger partial charge in [-0.05, 0) is 23.8 Å². The third-order valence-electron chi connectivity index (χ3n) is 3.70. The number of nitrogens with one attached hydrogen (secondary N) is 1. The molecule has 22 heavy (non-hydrogen) atoms. The molecule has 1 fully saturated rings. The Hall–Kier alpha value is -2.54. The molecule has 3 rings (SSSR count). The highest BCUT2D eigenvalue weighted by atomic mass is 35.5. The fourth-order valence-electron chi connectivity index (χ4n) is 2.75. The van der Waals surface area contributed by atoms with Gasteiger partial charge in [0.15, 0.2) is 5.82 Å². The van der Waals surface area contributed by atoms with Gasteiger partial charge in [0.25, 0.3) is 5.70 Å². The van der Waals surface area contributed by atoms with E-state index in [1.165, 1.54) is 11.0 Å². The predicted octanol–water partition coefficient (Wildman–Crippen LogP) is 1.76. The molecule has 0 radical (unpaired) electrons. The molecule has 7 nitrogen and oxygen atoms in total. The van der Waals surface area contributed by atoms with Crippen molar-refractivity contribution in [1.82, 2.24) is 10.2 Å². The first kappa shape index (κ1) is 14.4. The van der Waals surface area contributed by atoms with Crippen LogP contribution in [0.4, 0.5) is 0 Å². The zero-order valence-electron chi connectivity index (χ0n) is 11.3. The third kappa shape index (κ3) is 2.29. The Bertz CT molecular complexity index is 711. The van der Waals surface area contributed by atoms with Crippen molar-refractivity contribution < 1.29 is 14.8 Å². The molecule has 0 saturated carbocycles. The van der Waals surface area contributed by atoms with Crippen LogP contribution in [-0.4, -0.2) is 34.0 Å². The number of benzene rings is 1. The topological polar surface area (TPSA) is 95.7 Å². The van der Waals surface area contributed by atoms with Crippen LogP contribution in [0.1, 0.15) is 11.5 Å². The average Bonchev–Trinajstić information content (AvgIpc) is 2.94. The second kappa shape index (κ2) is 5.34. The molecular weight excluding hydrogens is 310 g/mol. The first-order valence-corrected chi connectivity index (χ1v) is 6.97. The highest BCUT2D eigenvalue weighted by molar-refractivity contribution is 6.30. The summed E-state index contributed by atoms with van der Waals surface area (Å²) in [6.45, 7) is 0.850. The van der Waals surface area contributed by atoms with Crippen LogP contribution in [0.25, 0.3) is 0 Å². The number of carboxylic acid groups (broad SMARTS) is 1. The lowest BCUT2D eigenvalue weighted by Gasteiger charge is -2.26. The van der Waals surface area contributed by atoms with Crippen molar-refractivity contribution in [2.75, 3.05) is 13.1 Å². The molecule has 2 aliphatic heterocycles. The average molecular weight is 322 g/mol. The summed E-state index contributed by atoms with van der Waals surface area (Å²) in [7, 11) is 0. The summed E-state index contributed by atoms with van der Waals surface area (Å²) >= 11 is 5.84. The van der Waals surface area contributed by atoms with Gasteiger partial charge in [-0.25, -0.2) is 4.79 Å². The quantitative estimate of drug-likeness (QED) is 0.650. The van der Waals surface area contributed by atoms with Crippen molar-refractivity contribution in [3.63, 3.8) is 0 Å². The first-order chi connectivity index (χ1) is 10.5. The molecule has 1 aromatic carbocycles. The van der Waals surface area contributed by atoms with Gasteiger partial charge in [0, 0.05) is 18.1 Å². The molecule has 2 aliphatic rings. The Balaban J connectivity index is 2.15. The fourth-order valence-corrected chi connectivity index (χ4v) is 2.87. The fraction of sp³-hybridized carbons (Fsp3) is 0.214. The largest absolute Gasteiger partial charge is 0.477 e. The zero-order valence-corrected chi connectivity index (χ0v) is 12.1. The number of fused-ring (bicyclic) bond motifs is 1. The summed E-state index contributed by atoms with van der Waals surface area (Å²) in [5, 5.41) is 24.3. The van der Waals surface area contributed by atoms with Gasteiger partial charge >= 0.3 is 5.97 Å². The molecule has 0 bridgehead atoms. The highest BCUT2D eigenvalue weighted by Crippen LogP contribution is 2.37. The van der Waals surface area contributed by atoms with E-state index in [2.05, 4.69) is 5.32 Å². The predicted molar refractivity (Wildman–Crippen MR) is 78.6 cm³/mol. The molecule has 1 unspecified atom stereocenters. The minimum absolute atomic E-state index is 0.0468. The van der Waals surface area contributed by atoms with Crippen LogP contribution in [-0.2, 0) is 4.79 Å². The minimum Gasteiger partial charge on any atom is -0.477 e. The molecule has 2 N–H and O–H groups in total. The van der Waals surface area contributed by atoms with Crippen LogP contribution in [0, 0.1) is 10.1 Å². The van der Waals surface area contributed by atoms with Gasteiger partial charge in [-0.2, -0.15) is 0 Å². The lowest BCUT2D eigenvalue weighted by atomic mass is 9.92. The molecule has 0 aromatic heterocycles. The molecule has 2 heterocycles. The van der Waals surface area contributed by atoms with Crippen molar-refractivity contribution in [2.24, 2.45) is 0 Å². The molecule has 0 aliphatic carbocycles. The number of aliphatic carboxylic acids is 1. The molecule has 1 saturated heterocycles. The minimum atomic E-state index is -1.11. The van der Waals surface area contributed by atoms with Crippen LogP contribution in [0.5, 0.6) is 0 Å². The van der Waals surface area contributed by atoms with Gasteiger partial charge in [-0.3, -0.25) is 10.1 Å². The summed E-state index contributed by atoms with van der Waals surface area (Å²) in [4.78, 5) is 23.9. The van der Waals surface area contributed by atoms with E-state index >= 15 is 0 Å². The van der Waals surface area contributed by atoms with Crippen LogP contribution in [0.2, 0.25) is 5.02 Å². The second-order valence-electron chi connectivity index (χ2n) is 4.96. The number of allylic oxidation sites excluding steroid dienone is 1. The first-order valence-electron chi connectivity index (χ1n) is 6.59. The number of hydrogen-bond donors (Lipinski definition) is 2. The van der Waals surface area contributed by atoms with Gasteiger partial charge in [-0.1, -0.05) is 23.7 Å². The lowest BCUT2D eigenvalue weighted by molar-refractivity contribution is -0.431. The van der Waals surface area contributed by atoms with Gasteiger partial charge in [0.2, 0.25) is 0 Å². The van der Waals surface area contributed by atoms with Crippen molar-refractivity contribution >= 4 is 17.6 Å². The molecule has 0 spiro atoms. The van der Waals surface area contributed by atoms with Crippen LogP contribution < -0.4 is 5.32 Å². The van der Waals surface area contributed by atoms with Crippen molar-refractivity contribution in [3.05, 3.63) is 68.3 Å². The lowest BCUT2D eigenvalue weighted by Crippen LogP contribution is -2.33. The molecule has 8 heteroatoms. The second-order valence-corrected chi connectivity index (χ2v) is 5.39. The van der Waals surface area contributed by atoms with Crippen LogP contribution >= 0.6 is 11.6 Å². The highest BCUT2D eigenvalue weighted by Gasteiger charge is 2.41. The van der Waals surface area contributed by atoms with Crippen LogP contribution in [0.15, 0.2) is 47.6 Å². The Labute approximate surface area is 130 Å². The monoisotopic (exact) mass is 321 g/mol. The van der Waals surface area contributed by atoms with Crippen molar-refractivity contribution in [1.29, 1.82) is 0 Å².